The molecule has 0 spiro atoms. The van der Waals surface area contributed by atoms with E-state index in [-0.39, 0.29) is 36.5 Å². The van der Waals surface area contributed by atoms with Gasteiger partial charge in [-0.2, -0.15) is 4.98 Å². The number of aliphatic hydroxyl groups is 1. The van der Waals surface area contributed by atoms with Crippen molar-refractivity contribution in [3.8, 4) is 28.4 Å². The number of hydrogen-bond acceptors (Lipinski definition) is 10. The zero-order chi connectivity index (χ0) is 26.2. The zero-order valence-corrected chi connectivity index (χ0v) is 20.3. The van der Waals surface area contributed by atoms with Crippen LogP contribution in [0.5, 0.6) is 5.75 Å². The topological polar surface area (TPSA) is 176 Å². The predicted octanol–water partition coefficient (Wildman–Crippen LogP) is 1.67. The SMILES string of the molecule is O=c1c2nc(-c3ccc(O)cc3)n([C@@H]3OC4COP(=O)([O-])O[C@H]4C3O)c2nc2[nH]c(-c3ccccc3)cn12.[H+]. The van der Waals surface area contributed by atoms with Gasteiger partial charge in [-0.3, -0.25) is 13.9 Å². The van der Waals surface area contributed by atoms with E-state index >= 15 is 0 Å². The molecule has 2 aliphatic heterocycles. The molecule has 14 heteroatoms. The first-order chi connectivity index (χ1) is 18.3. The molecule has 0 amide bonds. The first-order valence-electron chi connectivity index (χ1n) is 11.6. The number of phosphoric acid groups is 1. The number of H-pyrrole nitrogens is 1. The number of aromatic hydroxyl groups is 1. The Morgan fingerprint density at radius 3 is 2.63 bits per heavy atom. The molecule has 13 nitrogen and oxygen atoms in total. The highest BCUT2D eigenvalue weighted by Crippen LogP contribution is 2.50. The van der Waals surface area contributed by atoms with Crippen LogP contribution in [0.25, 0.3) is 39.6 Å². The Bertz CT molecular complexity index is 1800. The molecular weight excluding hydrogens is 517 g/mol. The fourth-order valence-corrected chi connectivity index (χ4v) is 5.84. The minimum Gasteiger partial charge on any atom is -0.756 e. The van der Waals surface area contributed by atoms with E-state index in [4.69, 9.17) is 13.8 Å². The van der Waals surface area contributed by atoms with Gasteiger partial charge >= 0.3 is 1.43 Å². The first-order valence-corrected chi connectivity index (χ1v) is 13.1. The Hall–Kier alpha value is -3.84. The minimum atomic E-state index is -4.60. The second kappa shape index (κ2) is 8.33. The molecule has 2 saturated heterocycles. The molecule has 2 fully saturated rings. The zero-order valence-electron chi connectivity index (χ0n) is 20.4. The largest absolute Gasteiger partial charge is 1.00 e. The second-order valence-corrected chi connectivity index (χ2v) is 10.4. The molecule has 0 bridgehead atoms. The van der Waals surface area contributed by atoms with Crippen molar-refractivity contribution in [2.24, 2.45) is 0 Å². The molecule has 194 valence electrons. The number of nitrogens with zero attached hydrogens (tertiary/aromatic N) is 4. The van der Waals surface area contributed by atoms with Gasteiger partial charge in [0, 0.05) is 11.8 Å². The highest BCUT2D eigenvalue weighted by atomic mass is 31.2. The lowest BCUT2D eigenvalue weighted by atomic mass is 10.1. The van der Waals surface area contributed by atoms with E-state index < -0.39 is 37.9 Å². The molecule has 5 aromatic rings. The normalized spacial score (nSPS) is 27.2. The van der Waals surface area contributed by atoms with Crippen LogP contribution in [0.15, 0.2) is 65.6 Å². The summed E-state index contributed by atoms with van der Waals surface area (Å²) in [6.45, 7) is -0.336. The maximum atomic E-state index is 13.6. The third-order valence-electron chi connectivity index (χ3n) is 6.67. The number of rotatable bonds is 3. The van der Waals surface area contributed by atoms with E-state index in [1.165, 1.54) is 21.1 Å². The van der Waals surface area contributed by atoms with Crippen LogP contribution >= 0.6 is 7.82 Å². The van der Waals surface area contributed by atoms with Crippen LogP contribution < -0.4 is 10.5 Å². The van der Waals surface area contributed by atoms with Gasteiger partial charge in [0.15, 0.2) is 17.4 Å². The van der Waals surface area contributed by atoms with Crippen molar-refractivity contribution < 1.29 is 34.9 Å². The Kier molecular flexibility index (Phi) is 5.11. The van der Waals surface area contributed by atoms with Gasteiger partial charge in [-0.25, -0.2) is 9.38 Å². The fraction of sp³-hybridized carbons (Fsp3) is 0.208. The molecule has 5 heterocycles. The molecule has 0 aliphatic carbocycles. The highest BCUT2D eigenvalue weighted by molar-refractivity contribution is 7.45. The lowest BCUT2D eigenvalue weighted by Gasteiger charge is -2.34. The van der Waals surface area contributed by atoms with Crippen LogP contribution in [0.2, 0.25) is 0 Å². The van der Waals surface area contributed by atoms with Gasteiger partial charge in [0.25, 0.3) is 13.4 Å². The predicted molar refractivity (Wildman–Crippen MR) is 131 cm³/mol. The number of aliphatic hydroxyl groups excluding tert-OH is 1. The average molecular weight is 537 g/mol. The molecule has 3 aromatic heterocycles. The Labute approximate surface area is 214 Å². The van der Waals surface area contributed by atoms with Crippen LogP contribution in [-0.4, -0.2) is 59.1 Å². The smallest absolute Gasteiger partial charge is 0.756 e. The number of nitrogens with one attached hydrogen (secondary N) is 1. The summed E-state index contributed by atoms with van der Waals surface area (Å²) in [5.74, 6) is 0.472. The first kappa shape index (κ1) is 23.3. The monoisotopic (exact) mass is 537 g/mol. The van der Waals surface area contributed by atoms with Gasteiger partial charge < -0.3 is 33.9 Å². The van der Waals surface area contributed by atoms with Gasteiger partial charge in [0.05, 0.1) is 12.3 Å². The Morgan fingerprint density at radius 1 is 1.11 bits per heavy atom. The summed E-state index contributed by atoms with van der Waals surface area (Å²) in [5, 5.41) is 20.9. The van der Waals surface area contributed by atoms with Crippen molar-refractivity contribution in [1.82, 2.24) is 23.9 Å². The summed E-state index contributed by atoms with van der Waals surface area (Å²) in [6, 6.07) is 15.5. The number of phosphoric ester groups is 1. The maximum absolute atomic E-state index is 13.6. The molecule has 3 N–H and O–H groups in total. The summed E-state index contributed by atoms with van der Waals surface area (Å²) >= 11 is 0. The van der Waals surface area contributed by atoms with E-state index in [9.17, 15) is 24.5 Å². The van der Waals surface area contributed by atoms with E-state index in [0.717, 1.165) is 5.56 Å². The van der Waals surface area contributed by atoms with Crippen molar-refractivity contribution in [2.45, 2.75) is 24.5 Å². The number of phenols is 1. The molecule has 2 aromatic carbocycles. The van der Waals surface area contributed by atoms with Crippen molar-refractivity contribution in [2.75, 3.05) is 6.61 Å². The van der Waals surface area contributed by atoms with Crippen molar-refractivity contribution >= 4 is 24.8 Å². The molecule has 0 radical (unpaired) electrons. The number of hydrogen-bond donors (Lipinski definition) is 3. The number of benzene rings is 2. The third kappa shape index (κ3) is 3.60. The average Bonchev–Trinajstić information content (AvgIpc) is 3.59. The second-order valence-electron chi connectivity index (χ2n) is 9.04. The van der Waals surface area contributed by atoms with Gasteiger partial charge in [-0.1, -0.05) is 30.3 Å². The fourth-order valence-electron chi connectivity index (χ4n) is 4.89. The summed E-state index contributed by atoms with van der Waals surface area (Å²) in [6.07, 6.45) is -3.15. The number of fused-ring (bicyclic) bond motifs is 3. The summed E-state index contributed by atoms with van der Waals surface area (Å²) < 4.78 is 30.4. The number of phenolic OH excluding ortho intramolecular Hbond substituents is 1. The van der Waals surface area contributed by atoms with Crippen LogP contribution in [0, 0.1) is 0 Å². The maximum Gasteiger partial charge on any atom is 1.00 e. The van der Waals surface area contributed by atoms with Gasteiger partial charge in [0.1, 0.15) is 29.9 Å². The van der Waals surface area contributed by atoms with Crippen LogP contribution in [0.1, 0.15) is 7.65 Å². The van der Waals surface area contributed by atoms with Crippen LogP contribution in [-0.2, 0) is 18.3 Å². The molecule has 5 atom stereocenters. The van der Waals surface area contributed by atoms with Gasteiger partial charge in [0.2, 0.25) is 5.78 Å². The molecule has 38 heavy (non-hydrogen) atoms. The van der Waals surface area contributed by atoms with Crippen LogP contribution in [0.4, 0.5) is 0 Å². The van der Waals surface area contributed by atoms with E-state index in [0.29, 0.717) is 11.3 Å². The highest BCUT2D eigenvalue weighted by Gasteiger charge is 2.51. The lowest BCUT2D eigenvalue weighted by molar-refractivity contribution is -0.245. The van der Waals surface area contributed by atoms with Gasteiger partial charge in [-0.15, -0.1) is 0 Å². The summed E-state index contributed by atoms with van der Waals surface area (Å²) in [7, 11) is -4.60. The number of ether oxygens (including phenoxy) is 1. The van der Waals surface area contributed by atoms with Crippen molar-refractivity contribution in [1.29, 1.82) is 0 Å². The van der Waals surface area contributed by atoms with Crippen LogP contribution in [0.3, 0.4) is 0 Å². The molecule has 2 aliphatic rings. The molecule has 7 rings (SSSR count). The number of imidazole rings is 2. The molecular formula is C24H20N5O8P. The lowest BCUT2D eigenvalue weighted by Crippen LogP contribution is -2.41. The summed E-state index contributed by atoms with van der Waals surface area (Å²) in [4.78, 5) is 37.8. The Balaban J connectivity index is 0.00000277. The third-order valence-corrected chi connectivity index (χ3v) is 7.64. The van der Waals surface area contributed by atoms with Crippen molar-refractivity contribution in [3.63, 3.8) is 0 Å². The minimum absolute atomic E-state index is 0. The van der Waals surface area contributed by atoms with Crippen molar-refractivity contribution in [3.05, 3.63) is 71.1 Å². The van der Waals surface area contributed by atoms with E-state index in [1.54, 1.807) is 18.3 Å². The Morgan fingerprint density at radius 2 is 1.87 bits per heavy atom. The standard InChI is InChI=1S/C24H20N5O8P/c30-14-8-6-13(7-9-14)20-26-17-21(29(20)23-18(31)19-16(36-23)11-35-38(33,34)37-19)27-24-25-15(10-28(24)22(17)32)12-4-2-1-3-5-12/h1-10,16,18-19,23,30-31H,11H2,(H,25,27)(H,33,34)/t16?,18?,19-,23-/m1/s1. The molecule has 3 unspecified atom stereocenters. The quantitative estimate of drug-likeness (QED) is 0.287. The number of aromatic nitrogens is 5. The summed E-state index contributed by atoms with van der Waals surface area (Å²) in [5.41, 5.74) is 1.65. The van der Waals surface area contributed by atoms with E-state index in [1.807, 2.05) is 30.3 Å². The van der Waals surface area contributed by atoms with E-state index in [2.05, 4.69) is 15.0 Å². The number of aromatic amines is 1. The molecule has 0 saturated carbocycles. The van der Waals surface area contributed by atoms with Gasteiger partial charge in [-0.05, 0) is 29.8 Å².